The highest BCUT2D eigenvalue weighted by Crippen LogP contribution is 2.66. The van der Waals surface area contributed by atoms with Gasteiger partial charge in [0.2, 0.25) is 0 Å². The van der Waals surface area contributed by atoms with Crippen molar-refractivity contribution in [3.05, 3.63) is 281 Å². The fraction of sp³-hybridized carbons (Fsp3) is 0.0345. The molecule has 2 aliphatic carbocycles. The zero-order valence-electron chi connectivity index (χ0n) is 32.5. The molecule has 0 radical (unpaired) electrons. The van der Waals surface area contributed by atoms with Crippen molar-refractivity contribution in [2.45, 2.75) is 10.8 Å². The molecule has 0 aliphatic heterocycles. The highest BCUT2D eigenvalue weighted by Gasteiger charge is 2.57. The number of hydrogen-bond acceptors (Lipinski definition) is 1. The van der Waals surface area contributed by atoms with Crippen molar-refractivity contribution in [2.24, 2.45) is 0 Å². The summed E-state index contributed by atoms with van der Waals surface area (Å²) in [7, 11) is 0. The predicted octanol–water partition coefficient (Wildman–Crippen LogP) is 14.5. The molecule has 12 rings (SSSR count). The van der Waals surface area contributed by atoms with E-state index < -0.39 is 10.8 Å². The lowest BCUT2D eigenvalue weighted by Gasteiger charge is -2.49. The molecule has 0 saturated carbocycles. The number of fused-ring (bicyclic) bond motifs is 8. The second-order valence-electron chi connectivity index (χ2n) is 15.9. The highest BCUT2D eigenvalue weighted by molar-refractivity contribution is 6.14. The van der Waals surface area contributed by atoms with Crippen LogP contribution in [0.1, 0.15) is 44.5 Å². The second-order valence-corrected chi connectivity index (χ2v) is 15.9. The Hall–Kier alpha value is -7.48. The van der Waals surface area contributed by atoms with Crippen LogP contribution in [0.4, 0.5) is 17.1 Å². The zero-order chi connectivity index (χ0) is 39.0. The minimum atomic E-state index is -0.645. The first-order valence-electron chi connectivity index (χ1n) is 20.6. The molecule has 0 heterocycles. The topological polar surface area (TPSA) is 3.24 Å². The van der Waals surface area contributed by atoms with Crippen LogP contribution in [0, 0.1) is 0 Å². The van der Waals surface area contributed by atoms with Gasteiger partial charge in [-0.25, -0.2) is 0 Å². The maximum Gasteiger partial charge on any atom is 0.0720 e. The van der Waals surface area contributed by atoms with Crippen molar-refractivity contribution in [1.82, 2.24) is 0 Å². The van der Waals surface area contributed by atoms with E-state index in [2.05, 4.69) is 241 Å². The Kier molecular flexibility index (Phi) is 7.43. The maximum absolute atomic E-state index is 2.47. The van der Waals surface area contributed by atoms with E-state index in [1.165, 1.54) is 77.2 Å². The van der Waals surface area contributed by atoms with Gasteiger partial charge in [0.25, 0.3) is 0 Å². The van der Waals surface area contributed by atoms with E-state index in [1.54, 1.807) is 0 Å². The minimum absolute atomic E-state index is 0.490. The van der Waals surface area contributed by atoms with Gasteiger partial charge in [-0.1, -0.05) is 206 Å². The smallest absolute Gasteiger partial charge is 0.0720 e. The van der Waals surface area contributed by atoms with Gasteiger partial charge in [-0.05, 0) is 102 Å². The van der Waals surface area contributed by atoms with E-state index in [1.807, 2.05) is 0 Å². The second kappa shape index (κ2) is 13.0. The fourth-order valence-corrected chi connectivity index (χ4v) is 11.0. The van der Waals surface area contributed by atoms with Gasteiger partial charge in [-0.15, -0.1) is 0 Å². The first-order chi connectivity index (χ1) is 29.3. The molecule has 0 amide bonds. The van der Waals surface area contributed by atoms with E-state index in [0.29, 0.717) is 0 Å². The number of nitrogens with zero attached hydrogens (tertiary/aromatic N) is 1. The third-order valence-corrected chi connectivity index (χ3v) is 13.2. The molecule has 2 aliphatic rings. The molecule has 1 heteroatoms. The first-order valence-corrected chi connectivity index (χ1v) is 20.6. The van der Waals surface area contributed by atoms with Crippen LogP contribution in [0.15, 0.2) is 237 Å². The molecule has 0 N–H and O–H groups in total. The molecule has 0 bridgehead atoms. The molecule has 0 aromatic heterocycles. The van der Waals surface area contributed by atoms with Crippen molar-refractivity contribution < 1.29 is 0 Å². The van der Waals surface area contributed by atoms with Gasteiger partial charge >= 0.3 is 0 Å². The summed E-state index contributed by atoms with van der Waals surface area (Å²) in [4.78, 5) is 2.46. The summed E-state index contributed by atoms with van der Waals surface area (Å²) in [5, 5.41) is 4.94. The van der Waals surface area contributed by atoms with Crippen molar-refractivity contribution in [3.63, 3.8) is 0 Å². The van der Waals surface area contributed by atoms with E-state index in [9.17, 15) is 0 Å². The number of hydrogen-bond donors (Lipinski definition) is 0. The molecule has 0 saturated heterocycles. The maximum atomic E-state index is 2.47. The van der Waals surface area contributed by atoms with Crippen LogP contribution in [0.2, 0.25) is 0 Å². The summed E-state index contributed by atoms with van der Waals surface area (Å²) in [6, 6.07) is 88.1. The SMILES string of the molecule is c1ccc(N(c2cccc(C3(c4ccccc4)c4ccccc4C4(c5ccccc5)c5ccccc5-c5cccc3c54)c2)c2cc3ccccc3c3ccccc23)cc1. The number of benzene rings is 10. The summed E-state index contributed by atoms with van der Waals surface area (Å²) in [5.74, 6) is 0. The Morgan fingerprint density at radius 2 is 0.780 bits per heavy atom. The Labute approximate surface area is 345 Å². The number of para-hydroxylation sites is 1. The number of anilines is 3. The zero-order valence-corrected chi connectivity index (χ0v) is 32.5. The van der Waals surface area contributed by atoms with Gasteiger partial charge in [0.05, 0.1) is 16.5 Å². The van der Waals surface area contributed by atoms with Gasteiger partial charge in [-0.2, -0.15) is 0 Å². The van der Waals surface area contributed by atoms with Crippen LogP contribution in [0.25, 0.3) is 32.7 Å². The van der Waals surface area contributed by atoms with E-state index in [4.69, 9.17) is 0 Å². The summed E-state index contributed by atoms with van der Waals surface area (Å²) in [5.41, 5.74) is 15.3. The summed E-state index contributed by atoms with van der Waals surface area (Å²) in [6.45, 7) is 0. The molecule has 2 atom stereocenters. The predicted molar refractivity (Wildman–Crippen MR) is 245 cm³/mol. The molecule has 1 nitrogen and oxygen atoms in total. The largest absolute Gasteiger partial charge is 0.310 e. The number of rotatable bonds is 6. The van der Waals surface area contributed by atoms with Gasteiger partial charge < -0.3 is 4.90 Å². The third-order valence-electron chi connectivity index (χ3n) is 13.2. The average molecular weight is 750 g/mol. The lowest BCUT2D eigenvalue weighted by atomic mass is 9.51. The van der Waals surface area contributed by atoms with E-state index >= 15 is 0 Å². The van der Waals surface area contributed by atoms with Crippen LogP contribution in [-0.2, 0) is 10.8 Å². The Morgan fingerprint density at radius 3 is 1.53 bits per heavy atom. The van der Waals surface area contributed by atoms with Gasteiger partial charge in [0.15, 0.2) is 0 Å². The first kappa shape index (κ1) is 33.6. The summed E-state index contributed by atoms with van der Waals surface area (Å²) >= 11 is 0. The Morgan fingerprint density at radius 1 is 0.288 bits per heavy atom. The Bertz CT molecular complexity index is 3220. The van der Waals surface area contributed by atoms with Crippen LogP contribution in [-0.4, -0.2) is 0 Å². The standard InChI is InChI=1S/C58H39N/c1-4-21-41(22-5-1)57(52-35-16-17-36-53(52)58(42-23-6-2-7-24-42)51-34-15-14-31-48(51)50-33-19-37-54(57)56(50)58)43-25-18-28-45(39-43)59(44-26-8-3-9-27-44)55-38-40-20-10-11-29-46(40)47-30-12-13-32-49(47)55/h1-39H. The quantitative estimate of drug-likeness (QED) is 0.153. The minimum Gasteiger partial charge on any atom is -0.310 e. The molecular weight excluding hydrogens is 711 g/mol. The summed E-state index contributed by atoms with van der Waals surface area (Å²) in [6.07, 6.45) is 0. The molecule has 10 aromatic carbocycles. The van der Waals surface area contributed by atoms with E-state index in [-0.39, 0.29) is 0 Å². The lowest BCUT2D eigenvalue weighted by Crippen LogP contribution is -2.44. The highest BCUT2D eigenvalue weighted by atomic mass is 15.1. The fourth-order valence-electron chi connectivity index (χ4n) is 11.0. The average Bonchev–Trinajstić information content (AvgIpc) is 3.63. The van der Waals surface area contributed by atoms with E-state index in [0.717, 1.165) is 17.1 Å². The molecule has 0 spiro atoms. The van der Waals surface area contributed by atoms with Crippen LogP contribution < -0.4 is 4.90 Å². The Balaban J connectivity index is 1.20. The molecule has 2 unspecified atom stereocenters. The molecule has 276 valence electrons. The lowest BCUT2D eigenvalue weighted by molar-refractivity contribution is 0.627. The molecule has 0 fully saturated rings. The van der Waals surface area contributed by atoms with Gasteiger partial charge in [-0.3, -0.25) is 0 Å². The molecular formula is C58H39N. The molecule has 59 heavy (non-hydrogen) atoms. The van der Waals surface area contributed by atoms with Crippen LogP contribution >= 0.6 is 0 Å². The van der Waals surface area contributed by atoms with Crippen molar-refractivity contribution >= 4 is 38.6 Å². The van der Waals surface area contributed by atoms with Gasteiger partial charge in [0.1, 0.15) is 0 Å². The van der Waals surface area contributed by atoms with Crippen molar-refractivity contribution in [2.75, 3.05) is 4.90 Å². The van der Waals surface area contributed by atoms with Crippen molar-refractivity contribution in [3.8, 4) is 11.1 Å². The molecule has 10 aromatic rings. The normalized spacial score (nSPS) is 17.3. The third kappa shape index (κ3) is 4.62. The monoisotopic (exact) mass is 749 g/mol. The van der Waals surface area contributed by atoms with Crippen LogP contribution in [0.3, 0.4) is 0 Å². The van der Waals surface area contributed by atoms with Crippen LogP contribution in [0.5, 0.6) is 0 Å². The van der Waals surface area contributed by atoms with Gasteiger partial charge in [0, 0.05) is 16.8 Å². The summed E-state index contributed by atoms with van der Waals surface area (Å²) < 4.78 is 0. The van der Waals surface area contributed by atoms with Crippen molar-refractivity contribution in [1.29, 1.82) is 0 Å².